The Balaban J connectivity index is 2.86. The Hall–Kier alpha value is -0.630. The monoisotopic (exact) mass is 414 g/mol. The fraction of sp³-hybridized carbons (Fsp3) is 0.273. The number of hydrogen-bond donors (Lipinski definition) is 0. The molecule has 4 nitrogen and oxygen atoms in total. The van der Waals surface area contributed by atoms with Crippen LogP contribution in [0.1, 0.15) is 19.4 Å². The van der Waals surface area contributed by atoms with Gasteiger partial charge in [0.1, 0.15) is 0 Å². The van der Waals surface area contributed by atoms with Gasteiger partial charge in [0.05, 0.1) is 0 Å². The zero-order valence-electron chi connectivity index (χ0n) is 9.41. The second kappa shape index (κ2) is 6.95. The van der Waals surface area contributed by atoms with Crippen LogP contribution in [0.15, 0.2) is 24.3 Å². The van der Waals surface area contributed by atoms with Gasteiger partial charge in [-0.25, -0.2) is 0 Å². The van der Waals surface area contributed by atoms with Gasteiger partial charge in [0.25, 0.3) is 0 Å². The molecule has 1 rings (SSSR count). The summed E-state index contributed by atoms with van der Waals surface area (Å²) in [5.74, 6) is -0.859. The van der Waals surface area contributed by atoms with Crippen LogP contribution in [0.3, 0.4) is 0 Å². The Morgan fingerprint density at radius 1 is 1.12 bits per heavy atom. The van der Waals surface area contributed by atoms with Crippen LogP contribution in [0.4, 0.5) is 0 Å². The van der Waals surface area contributed by atoms with Gasteiger partial charge < -0.3 is 0 Å². The van der Waals surface area contributed by atoms with Gasteiger partial charge >= 0.3 is 117 Å². The van der Waals surface area contributed by atoms with E-state index in [0.29, 0.717) is 0 Å². The minimum atomic E-state index is -2.64. The quantitative estimate of drug-likeness (QED) is 0.560. The van der Waals surface area contributed by atoms with E-state index < -0.39 is 32.6 Å². The molecule has 0 spiro atoms. The first-order valence-electron chi connectivity index (χ1n) is 4.76. The number of rotatable bonds is 4. The summed E-state index contributed by atoms with van der Waals surface area (Å²) in [6, 6.07) is 7.46. The van der Waals surface area contributed by atoms with E-state index in [0.717, 1.165) is 14.5 Å². The average molecular weight is 415 g/mol. The van der Waals surface area contributed by atoms with Crippen molar-refractivity contribution >= 4 is 48.5 Å². The fourth-order valence-corrected chi connectivity index (χ4v) is 4.02. The first-order chi connectivity index (χ1) is 8.02. The number of carbonyl (C=O) groups is 2. The summed E-state index contributed by atoms with van der Waals surface area (Å²) in [4.78, 5) is 21.9. The van der Waals surface area contributed by atoms with Gasteiger partial charge in [0.15, 0.2) is 0 Å². The topological polar surface area (TPSA) is 52.6 Å². The predicted molar refractivity (Wildman–Crippen MR) is 75.3 cm³/mol. The normalized spacial score (nSPS) is 10.6. The molecule has 0 unspecified atom stereocenters. The van der Waals surface area contributed by atoms with Gasteiger partial charge in [-0.1, -0.05) is 0 Å². The zero-order valence-corrected chi connectivity index (χ0v) is 13.1. The van der Waals surface area contributed by atoms with Gasteiger partial charge in [-0.15, -0.1) is 0 Å². The molecule has 1 aromatic rings. The van der Waals surface area contributed by atoms with Crippen molar-refractivity contribution in [2.45, 2.75) is 19.2 Å². The summed E-state index contributed by atoms with van der Waals surface area (Å²) in [5.41, 5.74) is 1.11. The van der Waals surface area contributed by atoms with Gasteiger partial charge in [-0.2, -0.15) is 0 Å². The van der Waals surface area contributed by atoms with E-state index in [1.54, 1.807) is 0 Å². The van der Waals surface area contributed by atoms with Crippen molar-refractivity contribution in [3.63, 3.8) is 0 Å². The van der Waals surface area contributed by atoms with Crippen LogP contribution in [0.5, 0.6) is 0 Å². The molecular weight excluding hydrogens is 403 g/mol. The molecule has 94 valence electrons. The van der Waals surface area contributed by atoms with E-state index >= 15 is 0 Å². The third-order valence-electron chi connectivity index (χ3n) is 1.60. The SMILES string of the molecule is CC(=O)OI(OC(C)=O)c1ccc(CBr)cc1. The minimum absolute atomic E-state index is 0.430. The van der Waals surface area contributed by atoms with Crippen molar-refractivity contribution in [2.24, 2.45) is 0 Å². The van der Waals surface area contributed by atoms with Gasteiger partial charge in [0.2, 0.25) is 0 Å². The number of carbonyl (C=O) groups excluding carboxylic acids is 2. The van der Waals surface area contributed by atoms with Crippen molar-refractivity contribution in [1.82, 2.24) is 0 Å². The Morgan fingerprint density at radius 2 is 1.59 bits per heavy atom. The molecule has 0 amide bonds. The summed E-state index contributed by atoms with van der Waals surface area (Å²) in [6.07, 6.45) is 0. The first kappa shape index (κ1) is 14.4. The summed E-state index contributed by atoms with van der Waals surface area (Å²) in [5, 5.41) is 0.753. The predicted octanol–water partition coefficient (Wildman–Crippen LogP) is 3.21. The van der Waals surface area contributed by atoms with Crippen LogP contribution in [0.25, 0.3) is 0 Å². The Kier molecular flexibility index (Phi) is 5.90. The van der Waals surface area contributed by atoms with E-state index in [1.165, 1.54) is 13.8 Å². The molecule has 0 atom stereocenters. The van der Waals surface area contributed by atoms with Crippen molar-refractivity contribution in [1.29, 1.82) is 0 Å². The molecule has 0 bridgehead atoms. The van der Waals surface area contributed by atoms with Gasteiger partial charge in [-0.05, 0) is 0 Å². The number of hydrogen-bond acceptors (Lipinski definition) is 4. The summed E-state index contributed by atoms with van der Waals surface area (Å²) in [7, 11) is 0. The molecule has 0 saturated carbocycles. The first-order valence-corrected chi connectivity index (χ1v) is 8.72. The van der Waals surface area contributed by atoms with Crippen molar-refractivity contribution in [3.8, 4) is 0 Å². The number of alkyl halides is 1. The molecular formula is C11H12BrIO4. The molecule has 0 aliphatic carbocycles. The number of benzene rings is 1. The third kappa shape index (κ3) is 5.03. The fourth-order valence-electron chi connectivity index (χ4n) is 0.979. The molecule has 0 radical (unpaired) electrons. The Labute approximate surface area is 116 Å². The summed E-state index contributed by atoms with van der Waals surface area (Å²) < 4.78 is 10.9. The van der Waals surface area contributed by atoms with Crippen LogP contribution in [0.2, 0.25) is 0 Å². The second-order valence-corrected chi connectivity index (χ2v) is 7.04. The Bertz CT molecular complexity index is 388. The maximum absolute atomic E-state index is 11.0. The van der Waals surface area contributed by atoms with Crippen LogP contribution in [-0.2, 0) is 21.1 Å². The molecule has 0 heterocycles. The molecule has 0 aromatic heterocycles. The van der Waals surface area contributed by atoms with Crippen LogP contribution < -0.4 is 0 Å². The van der Waals surface area contributed by atoms with E-state index in [4.69, 9.17) is 6.13 Å². The van der Waals surface area contributed by atoms with E-state index in [9.17, 15) is 9.59 Å². The molecule has 0 aliphatic rings. The molecule has 0 saturated heterocycles. The molecule has 0 fully saturated rings. The molecule has 0 N–H and O–H groups in total. The van der Waals surface area contributed by atoms with Crippen molar-refractivity contribution in [2.75, 3.05) is 0 Å². The van der Waals surface area contributed by atoms with Gasteiger partial charge in [-0.3, -0.25) is 0 Å². The third-order valence-corrected chi connectivity index (χ3v) is 6.03. The summed E-state index contributed by atoms with van der Waals surface area (Å²) >= 11 is 0.699. The van der Waals surface area contributed by atoms with E-state index in [2.05, 4.69) is 15.9 Å². The standard InChI is InChI=1S/C11H12BrIO4/c1-8(14)16-13(17-9(2)15)11-5-3-10(7-12)4-6-11/h3-6H,7H2,1-2H3. The average Bonchev–Trinajstić information content (AvgIpc) is 2.27. The van der Waals surface area contributed by atoms with Crippen LogP contribution >= 0.6 is 36.6 Å². The Morgan fingerprint density at radius 3 is 1.94 bits per heavy atom. The van der Waals surface area contributed by atoms with E-state index in [-0.39, 0.29) is 0 Å². The summed E-state index contributed by atoms with van der Waals surface area (Å²) in [6.45, 7) is 2.61. The molecule has 6 heteroatoms. The van der Waals surface area contributed by atoms with Crippen molar-refractivity contribution < 1.29 is 15.7 Å². The zero-order chi connectivity index (χ0) is 12.8. The van der Waals surface area contributed by atoms with Crippen molar-refractivity contribution in [3.05, 3.63) is 33.4 Å². The molecule has 0 aliphatic heterocycles. The van der Waals surface area contributed by atoms with Gasteiger partial charge in [0, 0.05) is 0 Å². The number of halogens is 2. The molecule has 17 heavy (non-hydrogen) atoms. The van der Waals surface area contributed by atoms with Crippen LogP contribution in [0, 0.1) is 3.57 Å². The van der Waals surface area contributed by atoms with E-state index in [1.807, 2.05) is 24.3 Å². The maximum atomic E-state index is 11.0. The second-order valence-electron chi connectivity index (χ2n) is 3.11. The van der Waals surface area contributed by atoms with Crippen LogP contribution in [-0.4, -0.2) is 11.9 Å². The molecule has 1 aromatic carbocycles.